The monoisotopic (exact) mass is 402 g/mol. The molecular weight excluding hydrogens is 385 g/mol. The standard InChI is InChI=1S/C21H17F3N2O3/c1-28-18-7-3-13(11-19(18)29-2)4-8-20(27)26-17-9-10-25-16-6-5-14(12-15(16)17)21(22,23)24/h3-12H,1-2H3,(H,25,26,27)/b8-4+. The Kier molecular flexibility index (Phi) is 5.72. The van der Waals surface area contributed by atoms with Gasteiger partial charge in [0.1, 0.15) is 0 Å². The zero-order valence-corrected chi connectivity index (χ0v) is 15.6. The summed E-state index contributed by atoms with van der Waals surface area (Å²) in [5.74, 6) is 0.567. The van der Waals surface area contributed by atoms with Crippen LogP contribution in [-0.2, 0) is 11.0 Å². The molecular formula is C21H17F3N2O3. The number of benzene rings is 2. The Bertz CT molecular complexity index is 1080. The molecule has 0 unspecified atom stereocenters. The molecule has 3 rings (SSSR count). The molecule has 0 aliphatic heterocycles. The highest BCUT2D eigenvalue weighted by molar-refractivity contribution is 6.07. The normalized spacial score (nSPS) is 11.6. The van der Waals surface area contributed by atoms with E-state index in [4.69, 9.17) is 9.47 Å². The summed E-state index contributed by atoms with van der Waals surface area (Å²) in [7, 11) is 3.02. The number of alkyl halides is 3. The first-order chi connectivity index (χ1) is 13.8. The number of hydrogen-bond acceptors (Lipinski definition) is 4. The number of fused-ring (bicyclic) bond motifs is 1. The summed E-state index contributed by atoms with van der Waals surface area (Å²) in [5.41, 5.74) is 0.467. The number of hydrogen-bond donors (Lipinski definition) is 1. The van der Waals surface area contributed by atoms with Gasteiger partial charge in [0, 0.05) is 17.7 Å². The van der Waals surface area contributed by atoms with E-state index < -0.39 is 17.6 Å². The van der Waals surface area contributed by atoms with Gasteiger partial charge in [0.25, 0.3) is 0 Å². The van der Waals surface area contributed by atoms with Crippen molar-refractivity contribution in [3.63, 3.8) is 0 Å². The molecule has 1 N–H and O–H groups in total. The average molecular weight is 402 g/mol. The number of anilines is 1. The third kappa shape index (κ3) is 4.66. The van der Waals surface area contributed by atoms with Gasteiger partial charge in [-0.3, -0.25) is 9.78 Å². The summed E-state index contributed by atoms with van der Waals surface area (Å²) in [4.78, 5) is 16.3. The topological polar surface area (TPSA) is 60.5 Å². The van der Waals surface area contributed by atoms with Gasteiger partial charge in [-0.15, -0.1) is 0 Å². The fraction of sp³-hybridized carbons (Fsp3) is 0.143. The molecule has 1 aromatic heterocycles. The van der Waals surface area contributed by atoms with E-state index >= 15 is 0 Å². The van der Waals surface area contributed by atoms with E-state index in [2.05, 4.69) is 10.3 Å². The van der Waals surface area contributed by atoms with E-state index in [0.29, 0.717) is 22.6 Å². The van der Waals surface area contributed by atoms with Crippen LogP contribution in [0.25, 0.3) is 17.0 Å². The maximum atomic E-state index is 13.0. The van der Waals surface area contributed by atoms with E-state index in [1.54, 1.807) is 24.3 Å². The minimum Gasteiger partial charge on any atom is -0.493 e. The predicted octanol–water partition coefficient (Wildman–Crippen LogP) is 4.92. The lowest BCUT2D eigenvalue weighted by molar-refractivity contribution is -0.137. The first-order valence-electron chi connectivity index (χ1n) is 8.49. The minimum atomic E-state index is -4.49. The summed E-state index contributed by atoms with van der Waals surface area (Å²) >= 11 is 0. The molecule has 5 nitrogen and oxygen atoms in total. The minimum absolute atomic E-state index is 0.204. The van der Waals surface area contributed by atoms with Crippen LogP contribution in [0, 0.1) is 0 Å². The van der Waals surface area contributed by atoms with E-state index in [1.807, 2.05) is 0 Å². The van der Waals surface area contributed by atoms with E-state index in [1.165, 1.54) is 38.6 Å². The van der Waals surface area contributed by atoms with E-state index in [-0.39, 0.29) is 11.1 Å². The van der Waals surface area contributed by atoms with Crippen molar-refractivity contribution < 1.29 is 27.4 Å². The average Bonchev–Trinajstić information content (AvgIpc) is 2.71. The molecule has 29 heavy (non-hydrogen) atoms. The zero-order valence-electron chi connectivity index (χ0n) is 15.6. The maximum absolute atomic E-state index is 13.0. The second kappa shape index (κ2) is 8.22. The predicted molar refractivity (Wildman–Crippen MR) is 104 cm³/mol. The molecule has 8 heteroatoms. The van der Waals surface area contributed by atoms with Crippen LogP contribution < -0.4 is 14.8 Å². The molecule has 0 radical (unpaired) electrons. The van der Waals surface area contributed by atoms with Gasteiger partial charge in [-0.2, -0.15) is 13.2 Å². The van der Waals surface area contributed by atoms with E-state index in [9.17, 15) is 18.0 Å². The highest BCUT2D eigenvalue weighted by Crippen LogP contribution is 2.33. The summed E-state index contributed by atoms with van der Waals surface area (Å²) in [6, 6.07) is 9.78. The lowest BCUT2D eigenvalue weighted by Crippen LogP contribution is -2.09. The van der Waals surface area contributed by atoms with Crippen LogP contribution in [0.3, 0.4) is 0 Å². The summed E-state index contributed by atoms with van der Waals surface area (Å²) in [5, 5.41) is 2.80. The number of halogens is 3. The summed E-state index contributed by atoms with van der Waals surface area (Å²) < 4.78 is 49.4. The van der Waals surface area contributed by atoms with Gasteiger partial charge in [-0.1, -0.05) is 6.07 Å². The Morgan fingerprint density at radius 2 is 1.79 bits per heavy atom. The summed E-state index contributed by atoms with van der Waals surface area (Å²) in [6.07, 6.45) is -0.231. The number of carbonyl (C=O) groups excluding carboxylic acids is 1. The van der Waals surface area contributed by atoms with Gasteiger partial charge in [-0.25, -0.2) is 0 Å². The molecule has 0 atom stereocenters. The van der Waals surface area contributed by atoms with Crippen LogP contribution in [0.1, 0.15) is 11.1 Å². The lowest BCUT2D eigenvalue weighted by Gasteiger charge is -2.10. The number of aromatic nitrogens is 1. The van der Waals surface area contributed by atoms with Crippen LogP contribution in [0.4, 0.5) is 18.9 Å². The van der Waals surface area contributed by atoms with Gasteiger partial charge in [-0.05, 0) is 48.0 Å². The molecule has 0 aliphatic carbocycles. The summed E-state index contributed by atoms with van der Waals surface area (Å²) in [6.45, 7) is 0. The van der Waals surface area contributed by atoms with Crippen molar-refractivity contribution in [2.75, 3.05) is 19.5 Å². The number of pyridine rings is 1. The first kappa shape index (κ1) is 20.2. The lowest BCUT2D eigenvalue weighted by atomic mass is 10.1. The van der Waals surface area contributed by atoms with Crippen molar-refractivity contribution in [1.29, 1.82) is 0 Å². The van der Waals surface area contributed by atoms with Crippen molar-refractivity contribution in [3.05, 3.63) is 65.9 Å². The quantitative estimate of drug-likeness (QED) is 0.616. The van der Waals surface area contributed by atoms with Crippen molar-refractivity contribution in [1.82, 2.24) is 4.98 Å². The van der Waals surface area contributed by atoms with Crippen LogP contribution >= 0.6 is 0 Å². The Hall–Kier alpha value is -3.55. The third-order valence-electron chi connectivity index (χ3n) is 4.16. The molecule has 0 aliphatic rings. The molecule has 2 aromatic carbocycles. The van der Waals surface area contributed by atoms with Crippen LogP contribution in [0.15, 0.2) is 54.7 Å². The number of nitrogens with one attached hydrogen (secondary N) is 1. The Morgan fingerprint density at radius 3 is 2.48 bits per heavy atom. The van der Waals surface area contributed by atoms with Gasteiger partial charge >= 0.3 is 6.18 Å². The number of amides is 1. The SMILES string of the molecule is COc1ccc(/C=C/C(=O)Nc2ccnc3ccc(C(F)(F)F)cc23)cc1OC. The van der Waals surface area contributed by atoms with Gasteiger partial charge in [0.05, 0.1) is 31.0 Å². The Labute approximate surface area is 164 Å². The number of nitrogens with zero attached hydrogens (tertiary/aromatic N) is 1. The molecule has 1 heterocycles. The van der Waals surface area contributed by atoms with Gasteiger partial charge in [0.2, 0.25) is 5.91 Å². The van der Waals surface area contributed by atoms with Crippen LogP contribution in [0.5, 0.6) is 11.5 Å². The third-order valence-corrected chi connectivity index (χ3v) is 4.16. The van der Waals surface area contributed by atoms with Gasteiger partial charge < -0.3 is 14.8 Å². The number of methoxy groups -OCH3 is 2. The Balaban J connectivity index is 1.83. The molecule has 150 valence electrons. The number of rotatable bonds is 5. The highest BCUT2D eigenvalue weighted by atomic mass is 19.4. The van der Waals surface area contributed by atoms with Crippen molar-refractivity contribution >= 4 is 28.6 Å². The van der Waals surface area contributed by atoms with Crippen molar-refractivity contribution in [3.8, 4) is 11.5 Å². The number of carbonyl (C=O) groups is 1. The first-order valence-corrected chi connectivity index (χ1v) is 8.49. The molecule has 0 saturated carbocycles. The highest BCUT2D eigenvalue weighted by Gasteiger charge is 2.30. The van der Waals surface area contributed by atoms with Gasteiger partial charge in [0.15, 0.2) is 11.5 Å². The molecule has 0 spiro atoms. The maximum Gasteiger partial charge on any atom is 0.416 e. The number of ether oxygens (including phenoxy) is 2. The zero-order chi connectivity index (χ0) is 21.0. The fourth-order valence-electron chi connectivity index (χ4n) is 2.73. The molecule has 1 amide bonds. The fourth-order valence-corrected chi connectivity index (χ4v) is 2.73. The smallest absolute Gasteiger partial charge is 0.416 e. The van der Waals surface area contributed by atoms with Crippen molar-refractivity contribution in [2.45, 2.75) is 6.18 Å². The molecule has 0 saturated heterocycles. The van der Waals surface area contributed by atoms with E-state index in [0.717, 1.165) is 12.1 Å². The molecule has 3 aromatic rings. The van der Waals surface area contributed by atoms with Crippen molar-refractivity contribution in [2.24, 2.45) is 0 Å². The second-order valence-corrected chi connectivity index (χ2v) is 6.03. The second-order valence-electron chi connectivity index (χ2n) is 6.03. The molecule has 0 bridgehead atoms. The van der Waals surface area contributed by atoms with Crippen LogP contribution in [0.2, 0.25) is 0 Å². The largest absolute Gasteiger partial charge is 0.493 e. The molecule has 0 fully saturated rings. The Morgan fingerprint density at radius 1 is 1.03 bits per heavy atom. The van der Waals surface area contributed by atoms with Crippen LogP contribution in [-0.4, -0.2) is 25.1 Å².